The molecule has 0 aliphatic heterocycles. The van der Waals surface area contributed by atoms with Crippen LogP contribution in [0.25, 0.3) is 0 Å². The van der Waals surface area contributed by atoms with E-state index in [4.69, 9.17) is 16.0 Å². The molecule has 0 saturated carbocycles. The molecular formula is C17H18ClNO4. The van der Waals surface area contributed by atoms with Gasteiger partial charge in [0.2, 0.25) is 0 Å². The summed E-state index contributed by atoms with van der Waals surface area (Å²) in [7, 11) is 0. The maximum atomic E-state index is 12.3. The number of aromatic carboxylic acids is 1. The lowest BCUT2D eigenvalue weighted by atomic mass is 9.99. The molecule has 0 aliphatic rings. The SMILES string of the molecule is Cc1cc(C(=O)Nc2cc(C(=O)O)c(Cl)c(C(C)C)c2)c(C)o1. The molecule has 0 radical (unpaired) electrons. The fraction of sp³-hybridized carbons (Fsp3) is 0.294. The van der Waals surface area contributed by atoms with E-state index in [0.29, 0.717) is 28.3 Å². The fourth-order valence-electron chi connectivity index (χ4n) is 2.35. The first-order valence-electron chi connectivity index (χ1n) is 7.15. The zero-order valence-electron chi connectivity index (χ0n) is 13.4. The van der Waals surface area contributed by atoms with E-state index in [9.17, 15) is 14.7 Å². The van der Waals surface area contributed by atoms with Crippen LogP contribution in [0.2, 0.25) is 5.02 Å². The second-order valence-corrected chi connectivity index (χ2v) is 6.05. The van der Waals surface area contributed by atoms with Gasteiger partial charge in [-0.15, -0.1) is 0 Å². The van der Waals surface area contributed by atoms with E-state index in [1.807, 2.05) is 13.8 Å². The summed E-state index contributed by atoms with van der Waals surface area (Å²) < 4.78 is 5.34. The van der Waals surface area contributed by atoms with E-state index < -0.39 is 5.97 Å². The molecule has 2 rings (SSSR count). The number of carboxylic acids is 1. The standard InChI is InChI=1S/C17H18ClNO4/c1-8(2)12-6-11(7-14(15(12)18)17(21)22)19-16(20)13-5-9(3)23-10(13)4/h5-8H,1-4H3,(H,19,20)(H,21,22). The van der Waals surface area contributed by atoms with E-state index in [1.54, 1.807) is 26.0 Å². The first kappa shape index (κ1) is 17.1. The molecule has 0 aliphatic carbocycles. The Hall–Kier alpha value is -2.27. The summed E-state index contributed by atoms with van der Waals surface area (Å²) in [5, 5.41) is 12.2. The van der Waals surface area contributed by atoms with Crippen LogP contribution >= 0.6 is 11.6 Å². The summed E-state index contributed by atoms with van der Waals surface area (Å²) in [6.07, 6.45) is 0. The van der Waals surface area contributed by atoms with Gasteiger partial charge in [-0.3, -0.25) is 4.79 Å². The minimum atomic E-state index is -1.14. The fourth-order valence-corrected chi connectivity index (χ4v) is 2.76. The van der Waals surface area contributed by atoms with Crippen LogP contribution in [-0.4, -0.2) is 17.0 Å². The van der Waals surface area contributed by atoms with Gasteiger partial charge in [-0.05, 0) is 43.5 Å². The van der Waals surface area contributed by atoms with Crippen molar-refractivity contribution in [3.8, 4) is 0 Å². The van der Waals surface area contributed by atoms with Crippen LogP contribution in [0.5, 0.6) is 0 Å². The first-order valence-corrected chi connectivity index (χ1v) is 7.53. The first-order chi connectivity index (χ1) is 10.7. The molecule has 6 heteroatoms. The van der Waals surface area contributed by atoms with Crippen molar-refractivity contribution in [1.29, 1.82) is 0 Å². The smallest absolute Gasteiger partial charge is 0.337 e. The molecule has 5 nitrogen and oxygen atoms in total. The van der Waals surface area contributed by atoms with Crippen molar-refractivity contribution in [3.05, 3.63) is 51.4 Å². The van der Waals surface area contributed by atoms with Gasteiger partial charge in [0, 0.05) is 5.69 Å². The summed E-state index contributed by atoms with van der Waals surface area (Å²) in [6, 6.07) is 4.69. The van der Waals surface area contributed by atoms with Crippen molar-refractivity contribution in [2.75, 3.05) is 5.32 Å². The van der Waals surface area contributed by atoms with E-state index in [0.717, 1.165) is 0 Å². The Morgan fingerprint density at radius 2 is 1.83 bits per heavy atom. The number of rotatable bonds is 4. The lowest BCUT2D eigenvalue weighted by molar-refractivity contribution is 0.0696. The van der Waals surface area contributed by atoms with Crippen molar-refractivity contribution in [3.63, 3.8) is 0 Å². The predicted octanol–water partition coefficient (Wildman–Crippen LogP) is 4.62. The molecule has 1 aromatic heterocycles. The Balaban J connectivity index is 2.41. The number of furan rings is 1. The molecule has 2 N–H and O–H groups in total. The third-order valence-corrected chi connectivity index (χ3v) is 3.92. The lowest BCUT2D eigenvalue weighted by Gasteiger charge is -2.14. The number of carbonyl (C=O) groups is 2. The van der Waals surface area contributed by atoms with E-state index >= 15 is 0 Å². The highest BCUT2D eigenvalue weighted by Crippen LogP contribution is 2.31. The molecule has 1 aromatic carbocycles. The zero-order valence-corrected chi connectivity index (χ0v) is 14.1. The third kappa shape index (κ3) is 3.56. The molecule has 0 fully saturated rings. The van der Waals surface area contributed by atoms with Crippen molar-refractivity contribution >= 4 is 29.2 Å². The molecule has 0 unspecified atom stereocenters. The number of halogens is 1. The Bertz CT molecular complexity index is 777. The Morgan fingerprint density at radius 3 is 2.30 bits per heavy atom. The van der Waals surface area contributed by atoms with E-state index in [-0.39, 0.29) is 22.4 Å². The van der Waals surface area contributed by atoms with Gasteiger partial charge in [-0.1, -0.05) is 25.4 Å². The second kappa shape index (κ2) is 6.46. The highest BCUT2D eigenvalue weighted by molar-refractivity contribution is 6.34. The quantitative estimate of drug-likeness (QED) is 0.854. The number of benzene rings is 1. The highest BCUT2D eigenvalue weighted by atomic mass is 35.5. The van der Waals surface area contributed by atoms with Crippen LogP contribution < -0.4 is 5.32 Å². The van der Waals surface area contributed by atoms with Gasteiger partial charge in [0.15, 0.2) is 0 Å². The second-order valence-electron chi connectivity index (χ2n) is 5.67. The number of amides is 1. The average Bonchev–Trinajstić information content (AvgIpc) is 2.78. The van der Waals surface area contributed by atoms with Gasteiger partial charge in [-0.2, -0.15) is 0 Å². The van der Waals surface area contributed by atoms with Gasteiger partial charge >= 0.3 is 5.97 Å². The van der Waals surface area contributed by atoms with E-state index in [2.05, 4.69) is 5.32 Å². The number of hydrogen-bond donors (Lipinski definition) is 2. The summed E-state index contributed by atoms with van der Waals surface area (Å²) in [4.78, 5) is 23.7. The zero-order chi connectivity index (χ0) is 17.3. The number of carbonyl (C=O) groups excluding carboxylic acids is 1. The Morgan fingerprint density at radius 1 is 1.17 bits per heavy atom. The number of hydrogen-bond acceptors (Lipinski definition) is 3. The number of aryl methyl sites for hydroxylation is 2. The predicted molar refractivity (Wildman–Crippen MR) is 88.6 cm³/mol. The summed E-state index contributed by atoms with van der Waals surface area (Å²) in [5.41, 5.74) is 1.44. The molecule has 1 amide bonds. The van der Waals surface area contributed by atoms with Gasteiger partial charge in [0.05, 0.1) is 16.1 Å². The Labute approximate surface area is 139 Å². The van der Waals surface area contributed by atoms with Crippen molar-refractivity contribution < 1.29 is 19.1 Å². The average molecular weight is 336 g/mol. The summed E-state index contributed by atoms with van der Waals surface area (Å²) in [6.45, 7) is 7.27. The van der Waals surface area contributed by atoms with E-state index in [1.165, 1.54) is 6.07 Å². The number of anilines is 1. The van der Waals surface area contributed by atoms with Crippen molar-refractivity contribution in [1.82, 2.24) is 0 Å². The highest BCUT2D eigenvalue weighted by Gasteiger charge is 2.19. The maximum absolute atomic E-state index is 12.3. The molecule has 0 bridgehead atoms. The van der Waals surface area contributed by atoms with Crippen molar-refractivity contribution in [2.45, 2.75) is 33.6 Å². The van der Waals surface area contributed by atoms with Crippen LogP contribution in [0.1, 0.15) is 57.6 Å². The third-order valence-electron chi connectivity index (χ3n) is 3.50. The molecule has 0 saturated heterocycles. The normalized spacial score (nSPS) is 10.9. The topological polar surface area (TPSA) is 79.5 Å². The molecule has 1 heterocycles. The minimum absolute atomic E-state index is 0.0235. The van der Waals surface area contributed by atoms with Crippen LogP contribution in [-0.2, 0) is 0 Å². The van der Waals surface area contributed by atoms with Crippen molar-refractivity contribution in [2.24, 2.45) is 0 Å². The van der Waals surface area contributed by atoms with Gasteiger partial charge in [0.1, 0.15) is 11.5 Å². The van der Waals surface area contributed by atoms with Gasteiger partial charge in [0.25, 0.3) is 5.91 Å². The van der Waals surface area contributed by atoms with Gasteiger partial charge < -0.3 is 14.8 Å². The summed E-state index contributed by atoms with van der Waals surface area (Å²) >= 11 is 6.14. The van der Waals surface area contributed by atoms with Crippen LogP contribution in [0.3, 0.4) is 0 Å². The molecule has 0 spiro atoms. The number of nitrogens with one attached hydrogen (secondary N) is 1. The molecule has 23 heavy (non-hydrogen) atoms. The molecular weight excluding hydrogens is 318 g/mol. The largest absolute Gasteiger partial charge is 0.478 e. The van der Waals surface area contributed by atoms with Gasteiger partial charge in [-0.25, -0.2) is 4.79 Å². The molecule has 0 atom stereocenters. The van der Waals surface area contributed by atoms with Crippen LogP contribution in [0.4, 0.5) is 5.69 Å². The molecule has 2 aromatic rings. The minimum Gasteiger partial charge on any atom is -0.478 e. The lowest BCUT2D eigenvalue weighted by Crippen LogP contribution is -2.13. The maximum Gasteiger partial charge on any atom is 0.337 e. The monoisotopic (exact) mass is 335 g/mol. The van der Waals surface area contributed by atoms with Crippen LogP contribution in [0, 0.1) is 13.8 Å². The van der Waals surface area contributed by atoms with Crippen LogP contribution in [0.15, 0.2) is 22.6 Å². The Kier molecular flexibility index (Phi) is 4.80. The summed E-state index contributed by atoms with van der Waals surface area (Å²) in [5.74, 6) is -0.319. The number of carboxylic acid groups (broad SMARTS) is 1. The molecule has 122 valence electrons.